The average molecular weight is 266 g/mol. The molecule has 106 valence electrons. The summed E-state index contributed by atoms with van der Waals surface area (Å²) in [5, 5.41) is 23.7. The van der Waals surface area contributed by atoms with Crippen LogP contribution in [-0.4, -0.2) is 34.9 Å². The number of nitrogens with one attached hydrogen (secondary N) is 2. The highest BCUT2D eigenvalue weighted by Gasteiger charge is 2.11. The summed E-state index contributed by atoms with van der Waals surface area (Å²) in [7, 11) is 0. The van der Waals surface area contributed by atoms with Gasteiger partial charge in [-0.1, -0.05) is 19.1 Å². The van der Waals surface area contributed by atoms with E-state index in [0.29, 0.717) is 12.8 Å². The van der Waals surface area contributed by atoms with Gasteiger partial charge in [-0.05, 0) is 37.5 Å². The number of amides is 2. The third kappa shape index (κ3) is 5.61. The molecular formula is C14H22N2O3. The summed E-state index contributed by atoms with van der Waals surface area (Å²) in [4.78, 5) is 11.7. The van der Waals surface area contributed by atoms with Gasteiger partial charge in [0.15, 0.2) is 0 Å². The number of carbonyl (C=O) groups excluding carboxylic acids is 1. The molecule has 0 spiro atoms. The molecule has 1 aromatic carbocycles. The second-order valence-electron chi connectivity index (χ2n) is 4.68. The van der Waals surface area contributed by atoms with E-state index in [2.05, 4.69) is 10.6 Å². The summed E-state index contributed by atoms with van der Waals surface area (Å²) in [5.74, 6) is 0.232. The van der Waals surface area contributed by atoms with Gasteiger partial charge in [0.1, 0.15) is 5.75 Å². The molecule has 1 aromatic rings. The summed E-state index contributed by atoms with van der Waals surface area (Å²) < 4.78 is 0. The Balaban J connectivity index is 2.40. The molecule has 0 bridgehead atoms. The van der Waals surface area contributed by atoms with Gasteiger partial charge in [0.25, 0.3) is 0 Å². The van der Waals surface area contributed by atoms with E-state index < -0.39 is 0 Å². The lowest BCUT2D eigenvalue weighted by Gasteiger charge is -2.18. The van der Waals surface area contributed by atoms with Gasteiger partial charge in [0, 0.05) is 6.04 Å². The van der Waals surface area contributed by atoms with Crippen LogP contribution in [0.2, 0.25) is 0 Å². The van der Waals surface area contributed by atoms with E-state index in [9.17, 15) is 9.90 Å². The SMILES string of the molecule is CCC(CO)NC(=O)NC(C)Cc1ccc(O)cc1. The van der Waals surface area contributed by atoms with E-state index in [-0.39, 0.29) is 30.5 Å². The fourth-order valence-corrected chi connectivity index (χ4v) is 1.76. The normalized spacial score (nSPS) is 13.6. The number of aliphatic hydroxyl groups excluding tert-OH is 1. The van der Waals surface area contributed by atoms with E-state index >= 15 is 0 Å². The van der Waals surface area contributed by atoms with Crippen LogP contribution in [0, 0.1) is 0 Å². The fraction of sp³-hybridized carbons (Fsp3) is 0.500. The van der Waals surface area contributed by atoms with Crippen LogP contribution in [0.3, 0.4) is 0 Å². The number of phenolic OH excluding ortho intramolecular Hbond substituents is 1. The predicted octanol–water partition coefficient (Wildman–Crippen LogP) is 1.39. The van der Waals surface area contributed by atoms with Crippen molar-refractivity contribution in [3.8, 4) is 5.75 Å². The van der Waals surface area contributed by atoms with Crippen molar-refractivity contribution < 1.29 is 15.0 Å². The van der Waals surface area contributed by atoms with E-state index in [1.54, 1.807) is 12.1 Å². The summed E-state index contributed by atoms with van der Waals surface area (Å²) >= 11 is 0. The Morgan fingerprint density at radius 2 is 1.89 bits per heavy atom. The van der Waals surface area contributed by atoms with Crippen LogP contribution < -0.4 is 10.6 Å². The van der Waals surface area contributed by atoms with Gasteiger partial charge in [-0.3, -0.25) is 0 Å². The van der Waals surface area contributed by atoms with Crippen molar-refractivity contribution in [2.45, 2.75) is 38.8 Å². The lowest BCUT2D eigenvalue weighted by molar-refractivity contribution is 0.212. The zero-order valence-electron chi connectivity index (χ0n) is 11.4. The summed E-state index contributed by atoms with van der Waals surface area (Å²) in [6.45, 7) is 3.75. The number of aromatic hydroxyl groups is 1. The van der Waals surface area contributed by atoms with Crippen molar-refractivity contribution in [3.63, 3.8) is 0 Å². The molecule has 19 heavy (non-hydrogen) atoms. The van der Waals surface area contributed by atoms with Gasteiger partial charge in [-0.2, -0.15) is 0 Å². The molecule has 0 aliphatic heterocycles. The van der Waals surface area contributed by atoms with Crippen molar-refractivity contribution in [2.24, 2.45) is 0 Å². The second kappa shape index (κ2) is 7.63. The van der Waals surface area contributed by atoms with Crippen molar-refractivity contribution >= 4 is 6.03 Å². The highest BCUT2D eigenvalue weighted by molar-refractivity contribution is 5.74. The van der Waals surface area contributed by atoms with E-state index in [4.69, 9.17) is 5.11 Å². The van der Waals surface area contributed by atoms with Crippen molar-refractivity contribution in [3.05, 3.63) is 29.8 Å². The number of urea groups is 1. The number of benzene rings is 1. The minimum Gasteiger partial charge on any atom is -0.508 e. The summed E-state index contributed by atoms with van der Waals surface area (Å²) in [6.07, 6.45) is 1.37. The maximum atomic E-state index is 11.7. The zero-order valence-corrected chi connectivity index (χ0v) is 11.4. The number of hydrogen-bond acceptors (Lipinski definition) is 3. The van der Waals surface area contributed by atoms with Crippen molar-refractivity contribution in [1.29, 1.82) is 0 Å². The minimum atomic E-state index is -0.271. The fourth-order valence-electron chi connectivity index (χ4n) is 1.76. The predicted molar refractivity (Wildman–Crippen MR) is 74.1 cm³/mol. The first-order chi connectivity index (χ1) is 9.05. The number of aliphatic hydroxyl groups is 1. The topological polar surface area (TPSA) is 81.6 Å². The van der Waals surface area contributed by atoms with Crippen LogP contribution in [0.25, 0.3) is 0 Å². The molecular weight excluding hydrogens is 244 g/mol. The first kappa shape index (κ1) is 15.3. The maximum Gasteiger partial charge on any atom is 0.315 e. The number of carbonyl (C=O) groups is 1. The Morgan fingerprint density at radius 3 is 2.42 bits per heavy atom. The highest BCUT2D eigenvalue weighted by Crippen LogP contribution is 2.11. The van der Waals surface area contributed by atoms with Crippen molar-refractivity contribution in [2.75, 3.05) is 6.61 Å². The largest absolute Gasteiger partial charge is 0.508 e. The molecule has 0 heterocycles. The Morgan fingerprint density at radius 1 is 1.26 bits per heavy atom. The molecule has 5 nitrogen and oxygen atoms in total. The lowest BCUT2D eigenvalue weighted by Crippen LogP contribution is -2.47. The van der Waals surface area contributed by atoms with Gasteiger partial charge >= 0.3 is 6.03 Å². The molecule has 4 N–H and O–H groups in total. The van der Waals surface area contributed by atoms with Gasteiger partial charge in [-0.25, -0.2) is 4.79 Å². The molecule has 5 heteroatoms. The van der Waals surface area contributed by atoms with Crippen LogP contribution in [0.1, 0.15) is 25.8 Å². The minimum absolute atomic E-state index is 0.0271. The third-order valence-corrected chi connectivity index (χ3v) is 2.90. The standard InChI is InChI=1S/C14H22N2O3/c1-3-12(9-17)16-14(19)15-10(2)8-11-4-6-13(18)7-5-11/h4-7,10,12,17-18H,3,8-9H2,1-2H3,(H2,15,16,19). The Labute approximate surface area is 113 Å². The molecule has 0 aromatic heterocycles. The monoisotopic (exact) mass is 266 g/mol. The number of phenols is 1. The van der Waals surface area contributed by atoms with Gasteiger partial charge in [0.05, 0.1) is 12.6 Å². The van der Waals surface area contributed by atoms with Crippen LogP contribution in [-0.2, 0) is 6.42 Å². The van der Waals surface area contributed by atoms with E-state index in [1.165, 1.54) is 0 Å². The molecule has 0 fully saturated rings. The molecule has 2 amide bonds. The van der Waals surface area contributed by atoms with Crippen LogP contribution in [0.5, 0.6) is 5.75 Å². The lowest BCUT2D eigenvalue weighted by atomic mass is 10.1. The van der Waals surface area contributed by atoms with Crippen LogP contribution >= 0.6 is 0 Å². The molecule has 1 rings (SSSR count). The van der Waals surface area contributed by atoms with E-state index in [0.717, 1.165) is 5.56 Å². The molecule has 2 unspecified atom stereocenters. The molecule has 0 radical (unpaired) electrons. The highest BCUT2D eigenvalue weighted by atomic mass is 16.3. The first-order valence-electron chi connectivity index (χ1n) is 6.51. The molecule has 0 aliphatic rings. The maximum absolute atomic E-state index is 11.7. The second-order valence-corrected chi connectivity index (χ2v) is 4.68. The number of hydrogen-bond donors (Lipinski definition) is 4. The summed E-state index contributed by atoms with van der Waals surface area (Å²) in [6, 6.07) is 6.40. The van der Waals surface area contributed by atoms with Crippen molar-refractivity contribution in [1.82, 2.24) is 10.6 Å². The van der Waals surface area contributed by atoms with Gasteiger partial charge in [-0.15, -0.1) is 0 Å². The number of rotatable bonds is 6. The Kier molecular flexibility index (Phi) is 6.15. The first-order valence-corrected chi connectivity index (χ1v) is 6.51. The third-order valence-electron chi connectivity index (χ3n) is 2.90. The zero-order chi connectivity index (χ0) is 14.3. The molecule has 0 saturated carbocycles. The quantitative estimate of drug-likeness (QED) is 0.628. The molecule has 0 saturated heterocycles. The van der Waals surface area contributed by atoms with Crippen LogP contribution in [0.4, 0.5) is 4.79 Å². The smallest absolute Gasteiger partial charge is 0.315 e. The van der Waals surface area contributed by atoms with E-state index in [1.807, 2.05) is 26.0 Å². The van der Waals surface area contributed by atoms with Gasteiger partial charge in [0.2, 0.25) is 0 Å². The Bertz CT molecular complexity index is 388. The molecule has 2 atom stereocenters. The van der Waals surface area contributed by atoms with Gasteiger partial charge < -0.3 is 20.8 Å². The average Bonchev–Trinajstić information content (AvgIpc) is 2.38. The summed E-state index contributed by atoms with van der Waals surface area (Å²) in [5.41, 5.74) is 1.04. The Hall–Kier alpha value is -1.75. The van der Waals surface area contributed by atoms with Crippen LogP contribution in [0.15, 0.2) is 24.3 Å². The molecule has 0 aliphatic carbocycles.